The van der Waals surface area contributed by atoms with Gasteiger partial charge in [-0.2, -0.15) is 0 Å². The van der Waals surface area contributed by atoms with E-state index < -0.39 is 0 Å². The number of hydrogen-bond acceptors (Lipinski definition) is 1. The number of rotatable bonds is 7. The van der Waals surface area contributed by atoms with Gasteiger partial charge >= 0.3 is 0 Å². The van der Waals surface area contributed by atoms with E-state index in [0.29, 0.717) is 0 Å². The molecule has 0 heterocycles. The molecule has 1 rings (SSSR count). The average molecular weight is 233 g/mol. The number of aryl methyl sites for hydroxylation is 2. The fourth-order valence-electron chi connectivity index (χ4n) is 1.95. The third kappa shape index (κ3) is 5.88. The van der Waals surface area contributed by atoms with E-state index in [1.807, 2.05) is 0 Å². The smallest absolute Gasteiger partial charge is 0.0205 e. The molecular weight excluding hydrogens is 206 g/mol. The summed E-state index contributed by atoms with van der Waals surface area (Å²) >= 11 is 0. The molecule has 0 saturated carbocycles. The topological polar surface area (TPSA) is 12.0 Å². The maximum atomic E-state index is 3.52. The molecule has 1 N–H and O–H groups in total. The van der Waals surface area contributed by atoms with E-state index in [1.165, 1.54) is 36.0 Å². The van der Waals surface area contributed by atoms with E-state index in [1.54, 1.807) is 0 Å². The van der Waals surface area contributed by atoms with Crippen molar-refractivity contribution in [3.8, 4) is 0 Å². The van der Waals surface area contributed by atoms with Gasteiger partial charge in [-0.05, 0) is 49.4 Å². The second-order valence-electron chi connectivity index (χ2n) is 5.49. The van der Waals surface area contributed by atoms with E-state index in [0.717, 1.165) is 19.0 Å². The molecule has 96 valence electrons. The van der Waals surface area contributed by atoms with Crippen molar-refractivity contribution in [2.45, 2.75) is 53.5 Å². The van der Waals surface area contributed by atoms with E-state index in [9.17, 15) is 0 Å². The largest absolute Gasteiger partial charge is 0.313 e. The Hall–Kier alpha value is -0.820. The monoisotopic (exact) mass is 233 g/mol. The maximum Gasteiger partial charge on any atom is 0.0205 e. The van der Waals surface area contributed by atoms with Crippen LogP contribution in [0.25, 0.3) is 0 Å². The van der Waals surface area contributed by atoms with Gasteiger partial charge in [0.2, 0.25) is 0 Å². The van der Waals surface area contributed by atoms with Crippen LogP contribution in [0.2, 0.25) is 0 Å². The number of unbranched alkanes of at least 4 members (excludes halogenated alkanes) is 1. The molecule has 0 aliphatic rings. The van der Waals surface area contributed by atoms with Gasteiger partial charge in [0.05, 0.1) is 0 Å². The van der Waals surface area contributed by atoms with Gasteiger partial charge in [0.1, 0.15) is 0 Å². The minimum absolute atomic E-state index is 0.842. The van der Waals surface area contributed by atoms with Crippen molar-refractivity contribution < 1.29 is 0 Å². The first kappa shape index (κ1) is 14.2. The summed E-state index contributed by atoms with van der Waals surface area (Å²) in [5.74, 6) is 0.842. The molecule has 0 aromatic heterocycles. The first-order chi connectivity index (χ1) is 8.09. The zero-order valence-corrected chi connectivity index (χ0v) is 11.8. The number of nitrogens with one attached hydrogen (secondary N) is 1. The molecule has 0 unspecified atom stereocenters. The fourth-order valence-corrected chi connectivity index (χ4v) is 1.95. The molecular formula is C16H27N. The molecule has 0 aliphatic heterocycles. The SMILES string of the molecule is Cc1ccc(CNCCCCC(C)C)cc1C. The lowest BCUT2D eigenvalue weighted by Gasteiger charge is -2.08. The summed E-state index contributed by atoms with van der Waals surface area (Å²) in [6.45, 7) is 11.1. The molecule has 1 heteroatoms. The lowest BCUT2D eigenvalue weighted by Crippen LogP contribution is -2.14. The third-order valence-electron chi connectivity index (χ3n) is 3.29. The summed E-state index contributed by atoms with van der Waals surface area (Å²) < 4.78 is 0. The minimum atomic E-state index is 0.842. The second-order valence-corrected chi connectivity index (χ2v) is 5.49. The summed E-state index contributed by atoms with van der Waals surface area (Å²) in [6, 6.07) is 6.73. The Morgan fingerprint density at radius 3 is 2.47 bits per heavy atom. The Labute approximate surface area is 107 Å². The van der Waals surface area contributed by atoms with Crippen LogP contribution in [0.4, 0.5) is 0 Å². The standard InChI is InChI=1S/C16H27N/c1-13(2)7-5-6-10-17-12-16-9-8-14(3)15(4)11-16/h8-9,11,13,17H,5-7,10,12H2,1-4H3. The van der Waals surface area contributed by atoms with Crippen molar-refractivity contribution in [3.63, 3.8) is 0 Å². The first-order valence-electron chi connectivity index (χ1n) is 6.86. The predicted molar refractivity (Wildman–Crippen MR) is 76.3 cm³/mol. The van der Waals surface area contributed by atoms with Gasteiger partial charge in [0.15, 0.2) is 0 Å². The van der Waals surface area contributed by atoms with E-state index in [2.05, 4.69) is 51.2 Å². The van der Waals surface area contributed by atoms with Gasteiger partial charge in [-0.1, -0.05) is 44.9 Å². The summed E-state index contributed by atoms with van der Waals surface area (Å²) in [5, 5.41) is 3.52. The molecule has 1 nitrogen and oxygen atoms in total. The highest BCUT2D eigenvalue weighted by Crippen LogP contribution is 2.09. The summed E-state index contributed by atoms with van der Waals surface area (Å²) in [5.41, 5.74) is 4.17. The predicted octanol–water partition coefficient (Wildman–Crippen LogP) is 4.22. The van der Waals surface area contributed by atoms with Crippen LogP contribution in [-0.2, 0) is 6.54 Å². The maximum absolute atomic E-state index is 3.52. The molecule has 0 spiro atoms. The Balaban J connectivity index is 2.16. The van der Waals surface area contributed by atoms with Gasteiger partial charge in [-0.15, -0.1) is 0 Å². The number of hydrogen-bond donors (Lipinski definition) is 1. The normalized spacial score (nSPS) is 11.1. The molecule has 0 amide bonds. The van der Waals surface area contributed by atoms with Crippen molar-refractivity contribution >= 4 is 0 Å². The second kappa shape index (κ2) is 7.50. The molecule has 0 atom stereocenters. The summed E-state index contributed by atoms with van der Waals surface area (Å²) in [6.07, 6.45) is 3.99. The van der Waals surface area contributed by atoms with Crippen molar-refractivity contribution in [2.24, 2.45) is 5.92 Å². The minimum Gasteiger partial charge on any atom is -0.313 e. The molecule has 1 aromatic rings. The van der Waals surface area contributed by atoms with Crippen LogP contribution in [-0.4, -0.2) is 6.54 Å². The van der Waals surface area contributed by atoms with Crippen molar-refractivity contribution in [3.05, 3.63) is 34.9 Å². The van der Waals surface area contributed by atoms with Crippen LogP contribution < -0.4 is 5.32 Å². The molecule has 0 bridgehead atoms. The molecule has 1 aromatic carbocycles. The highest BCUT2D eigenvalue weighted by atomic mass is 14.8. The van der Waals surface area contributed by atoms with Crippen LogP contribution in [0, 0.1) is 19.8 Å². The van der Waals surface area contributed by atoms with Crippen LogP contribution >= 0.6 is 0 Å². The first-order valence-corrected chi connectivity index (χ1v) is 6.86. The molecule has 17 heavy (non-hydrogen) atoms. The Morgan fingerprint density at radius 2 is 1.82 bits per heavy atom. The average Bonchev–Trinajstić information content (AvgIpc) is 2.27. The van der Waals surface area contributed by atoms with Crippen molar-refractivity contribution in [1.29, 1.82) is 0 Å². The lowest BCUT2D eigenvalue weighted by atomic mass is 10.1. The van der Waals surface area contributed by atoms with Gasteiger partial charge < -0.3 is 5.32 Å². The molecule has 0 fully saturated rings. The number of benzene rings is 1. The van der Waals surface area contributed by atoms with Gasteiger partial charge in [-0.25, -0.2) is 0 Å². The van der Waals surface area contributed by atoms with Crippen molar-refractivity contribution in [2.75, 3.05) is 6.54 Å². The van der Waals surface area contributed by atoms with Crippen LogP contribution in [0.5, 0.6) is 0 Å². The van der Waals surface area contributed by atoms with Crippen LogP contribution in [0.15, 0.2) is 18.2 Å². The summed E-state index contributed by atoms with van der Waals surface area (Å²) in [4.78, 5) is 0. The Kier molecular flexibility index (Phi) is 6.28. The van der Waals surface area contributed by atoms with Gasteiger partial charge in [-0.3, -0.25) is 0 Å². The highest BCUT2D eigenvalue weighted by Gasteiger charge is 1.97. The zero-order chi connectivity index (χ0) is 12.7. The van der Waals surface area contributed by atoms with Crippen LogP contribution in [0.3, 0.4) is 0 Å². The zero-order valence-electron chi connectivity index (χ0n) is 11.8. The molecule has 0 saturated heterocycles. The Morgan fingerprint density at radius 1 is 1.06 bits per heavy atom. The van der Waals surface area contributed by atoms with E-state index >= 15 is 0 Å². The Bertz CT molecular complexity index is 328. The fraction of sp³-hybridized carbons (Fsp3) is 0.625. The third-order valence-corrected chi connectivity index (χ3v) is 3.29. The quantitative estimate of drug-likeness (QED) is 0.695. The highest BCUT2D eigenvalue weighted by molar-refractivity contribution is 5.29. The lowest BCUT2D eigenvalue weighted by molar-refractivity contribution is 0.520. The molecule has 0 aliphatic carbocycles. The van der Waals surface area contributed by atoms with E-state index in [-0.39, 0.29) is 0 Å². The van der Waals surface area contributed by atoms with Crippen molar-refractivity contribution in [1.82, 2.24) is 5.32 Å². The van der Waals surface area contributed by atoms with Crippen LogP contribution in [0.1, 0.15) is 49.8 Å². The van der Waals surface area contributed by atoms with E-state index in [4.69, 9.17) is 0 Å². The van der Waals surface area contributed by atoms with Gasteiger partial charge in [0.25, 0.3) is 0 Å². The summed E-state index contributed by atoms with van der Waals surface area (Å²) in [7, 11) is 0. The molecule has 0 radical (unpaired) electrons. The van der Waals surface area contributed by atoms with Gasteiger partial charge in [0, 0.05) is 6.54 Å².